The molecule has 1 N–H and O–H groups in total. The highest BCUT2D eigenvalue weighted by atomic mass is 32.1. The molecule has 1 unspecified atom stereocenters. The van der Waals surface area contributed by atoms with E-state index in [4.69, 9.17) is 0 Å². The molecule has 1 saturated heterocycles. The van der Waals surface area contributed by atoms with Gasteiger partial charge < -0.3 is 10.0 Å². The van der Waals surface area contributed by atoms with Gasteiger partial charge in [-0.25, -0.2) is 4.39 Å². The van der Waals surface area contributed by atoms with Gasteiger partial charge >= 0.3 is 5.97 Å². The van der Waals surface area contributed by atoms with E-state index >= 15 is 0 Å². The number of piperidine rings is 1. The number of nitrogens with zero attached hydrogens (tertiary/aromatic N) is 1. The van der Waals surface area contributed by atoms with Crippen molar-refractivity contribution in [2.75, 3.05) is 13.1 Å². The molecule has 1 aliphatic heterocycles. The molecule has 0 spiro atoms. The molecule has 2 aromatic rings. The quantitative estimate of drug-likeness (QED) is 0.911. The Bertz CT molecular complexity index is 800. The van der Waals surface area contributed by atoms with E-state index in [0.29, 0.717) is 24.3 Å². The fraction of sp³-hybridized carbons (Fsp3) is 0.412. The first-order valence-electron chi connectivity index (χ1n) is 7.53. The normalized spacial score (nSPS) is 21.6. The van der Waals surface area contributed by atoms with Gasteiger partial charge in [-0.05, 0) is 55.8 Å². The maximum Gasteiger partial charge on any atom is 0.311 e. The number of likely N-dealkylation sites (tertiary alicyclic amines) is 1. The molecule has 3 rings (SSSR count). The van der Waals surface area contributed by atoms with Crippen LogP contribution in [0.5, 0.6) is 0 Å². The van der Waals surface area contributed by atoms with Crippen molar-refractivity contribution in [2.24, 2.45) is 5.41 Å². The molecule has 122 valence electrons. The lowest BCUT2D eigenvalue weighted by atomic mass is 9.82. The number of aliphatic carboxylic acids is 1. The summed E-state index contributed by atoms with van der Waals surface area (Å²) in [5, 5.41) is 10.1. The van der Waals surface area contributed by atoms with E-state index in [2.05, 4.69) is 0 Å². The lowest BCUT2D eigenvalue weighted by Gasteiger charge is -2.37. The van der Waals surface area contributed by atoms with Gasteiger partial charge in [0.1, 0.15) is 5.82 Å². The van der Waals surface area contributed by atoms with Crippen LogP contribution >= 0.6 is 11.3 Å². The first-order valence-corrected chi connectivity index (χ1v) is 8.35. The van der Waals surface area contributed by atoms with Gasteiger partial charge in [0.05, 0.1) is 10.3 Å². The maximum atomic E-state index is 13.4. The molecule has 1 amide bonds. The molecule has 1 fully saturated rings. The van der Waals surface area contributed by atoms with Crippen molar-refractivity contribution in [3.05, 3.63) is 34.5 Å². The number of carbonyl (C=O) groups is 2. The van der Waals surface area contributed by atoms with Gasteiger partial charge in [0, 0.05) is 17.8 Å². The van der Waals surface area contributed by atoms with Crippen LogP contribution < -0.4 is 0 Å². The SMILES string of the molecule is Cc1c(C(=O)N2CCCC(C)(C(=O)O)C2)sc2ccc(F)cc12. The molecule has 1 aromatic heterocycles. The van der Waals surface area contributed by atoms with E-state index in [9.17, 15) is 19.1 Å². The Kier molecular flexibility index (Phi) is 3.88. The van der Waals surface area contributed by atoms with Gasteiger partial charge in [-0.15, -0.1) is 11.3 Å². The van der Waals surface area contributed by atoms with Gasteiger partial charge in [-0.2, -0.15) is 0 Å². The summed E-state index contributed by atoms with van der Waals surface area (Å²) in [5.41, 5.74) is -0.137. The van der Waals surface area contributed by atoms with Crippen molar-refractivity contribution >= 4 is 33.3 Å². The van der Waals surface area contributed by atoms with Crippen LogP contribution in [0.1, 0.15) is 35.0 Å². The topological polar surface area (TPSA) is 57.6 Å². The summed E-state index contributed by atoms with van der Waals surface area (Å²) in [5.74, 6) is -1.35. The highest BCUT2D eigenvalue weighted by Crippen LogP contribution is 2.35. The second kappa shape index (κ2) is 5.60. The van der Waals surface area contributed by atoms with E-state index in [0.717, 1.165) is 15.6 Å². The summed E-state index contributed by atoms with van der Waals surface area (Å²) in [7, 11) is 0. The average Bonchev–Trinajstić information content (AvgIpc) is 2.83. The molecule has 4 nitrogen and oxygen atoms in total. The molecule has 0 radical (unpaired) electrons. The summed E-state index contributed by atoms with van der Waals surface area (Å²) >= 11 is 1.34. The van der Waals surface area contributed by atoms with Gasteiger partial charge in [0.25, 0.3) is 5.91 Å². The second-order valence-electron chi connectivity index (χ2n) is 6.39. The third-order valence-electron chi connectivity index (χ3n) is 4.59. The van der Waals surface area contributed by atoms with E-state index < -0.39 is 11.4 Å². The van der Waals surface area contributed by atoms with Gasteiger partial charge in [0.15, 0.2) is 0 Å². The van der Waals surface area contributed by atoms with Crippen LogP contribution in [-0.4, -0.2) is 35.0 Å². The smallest absolute Gasteiger partial charge is 0.311 e. The van der Waals surface area contributed by atoms with Crippen LogP contribution in [0, 0.1) is 18.2 Å². The summed E-state index contributed by atoms with van der Waals surface area (Å²) in [6, 6.07) is 4.50. The first-order chi connectivity index (χ1) is 10.8. The highest BCUT2D eigenvalue weighted by Gasteiger charge is 2.40. The predicted molar refractivity (Wildman–Crippen MR) is 87.4 cm³/mol. The Morgan fingerprint density at radius 2 is 2.13 bits per heavy atom. The van der Waals surface area contributed by atoms with Crippen molar-refractivity contribution in [1.82, 2.24) is 4.90 Å². The Labute approximate surface area is 137 Å². The van der Waals surface area contributed by atoms with E-state index in [-0.39, 0.29) is 18.3 Å². The monoisotopic (exact) mass is 335 g/mol. The standard InChI is InChI=1S/C17H18FNO3S/c1-10-12-8-11(18)4-5-13(12)23-14(10)15(20)19-7-3-6-17(2,9-19)16(21)22/h4-5,8H,3,6-7,9H2,1-2H3,(H,21,22). The Morgan fingerprint density at radius 3 is 2.83 bits per heavy atom. The number of carboxylic acids is 1. The number of rotatable bonds is 2. The van der Waals surface area contributed by atoms with Crippen molar-refractivity contribution in [2.45, 2.75) is 26.7 Å². The third kappa shape index (κ3) is 2.72. The van der Waals surface area contributed by atoms with Gasteiger partial charge in [0.2, 0.25) is 0 Å². The number of thiophene rings is 1. The number of hydrogen-bond acceptors (Lipinski definition) is 3. The van der Waals surface area contributed by atoms with Crippen LogP contribution in [0.2, 0.25) is 0 Å². The fourth-order valence-electron chi connectivity index (χ4n) is 3.13. The third-order valence-corrected chi connectivity index (χ3v) is 5.85. The van der Waals surface area contributed by atoms with Crippen LogP contribution in [0.25, 0.3) is 10.1 Å². The number of benzene rings is 1. The van der Waals surface area contributed by atoms with Crippen molar-refractivity contribution in [3.63, 3.8) is 0 Å². The minimum absolute atomic E-state index is 0.156. The van der Waals surface area contributed by atoms with E-state index in [1.165, 1.54) is 23.5 Å². The number of carboxylic acid groups (broad SMARTS) is 1. The molecule has 0 saturated carbocycles. The van der Waals surface area contributed by atoms with E-state index in [1.54, 1.807) is 17.9 Å². The summed E-state index contributed by atoms with van der Waals surface area (Å²) in [4.78, 5) is 26.5. The second-order valence-corrected chi connectivity index (χ2v) is 7.44. The van der Waals surface area contributed by atoms with Crippen LogP contribution in [0.3, 0.4) is 0 Å². The predicted octanol–water partition coefficient (Wildman–Crippen LogP) is 3.68. The minimum atomic E-state index is -0.898. The lowest BCUT2D eigenvalue weighted by molar-refractivity contribution is -0.150. The van der Waals surface area contributed by atoms with Gasteiger partial charge in [-0.1, -0.05) is 0 Å². The summed E-state index contributed by atoms with van der Waals surface area (Å²) < 4.78 is 14.3. The largest absolute Gasteiger partial charge is 0.481 e. The number of amides is 1. The molecule has 0 aliphatic carbocycles. The maximum absolute atomic E-state index is 13.4. The molecule has 1 atom stereocenters. The number of fused-ring (bicyclic) bond motifs is 1. The van der Waals surface area contributed by atoms with Gasteiger partial charge in [-0.3, -0.25) is 9.59 Å². The first kappa shape index (κ1) is 15.9. The number of halogens is 1. The lowest BCUT2D eigenvalue weighted by Crippen LogP contribution is -2.48. The zero-order valence-corrected chi connectivity index (χ0v) is 13.9. The highest BCUT2D eigenvalue weighted by molar-refractivity contribution is 7.21. The van der Waals surface area contributed by atoms with Crippen molar-refractivity contribution < 1.29 is 19.1 Å². The molecular weight excluding hydrogens is 317 g/mol. The average molecular weight is 335 g/mol. The summed E-state index contributed by atoms with van der Waals surface area (Å²) in [6.45, 7) is 4.26. The Morgan fingerprint density at radius 1 is 1.39 bits per heavy atom. The van der Waals surface area contributed by atoms with Crippen molar-refractivity contribution in [1.29, 1.82) is 0 Å². The van der Waals surface area contributed by atoms with Crippen LogP contribution in [-0.2, 0) is 4.79 Å². The number of hydrogen-bond donors (Lipinski definition) is 1. The van der Waals surface area contributed by atoms with Crippen LogP contribution in [0.15, 0.2) is 18.2 Å². The molecule has 1 aromatic carbocycles. The molecule has 23 heavy (non-hydrogen) atoms. The summed E-state index contributed by atoms with van der Waals surface area (Å²) in [6.07, 6.45) is 1.25. The minimum Gasteiger partial charge on any atom is -0.481 e. The molecule has 2 heterocycles. The Hall–Kier alpha value is -1.95. The molecular formula is C17H18FNO3S. The molecule has 6 heteroatoms. The molecule has 0 bridgehead atoms. The van der Waals surface area contributed by atoms with Crippen LogP contribution in [0.4, 0.5) is 4.39 Å². The zero-order chi connectivity index (χ0) is 16.8. The van der Waals surface area contributed by atoms with E-state index in [1.807, 2.05) is 6.92 Å². The molecule has 1 aliphatic rings. The Balaban J connectivity index is 1.94. The number of carbonyl (C=O) groups excluding carboxylic acids is 1. The van der Waals surface area contributed by atoms with Crippen molar-refractivity contribution in [3.8, 4) is 0 Å². The fourth-order valence-corrected chi connectivity index (χ4v) is 4.29. The zero-order valence-electron chi connectivity index (χ0n) is 13.1. The number of aryl methyl sites for hydroxylation is 1.